The number of carboxylic acids is 1. The van der Waals surface area contributed by atoms with Gasteiger partial charge in [0.1, 0.15) is 17.1 Å². The zero-order valence-electron chi connectivity index (χ0n) is 16.9. The van der Waals surface area contributed by atoms with Crippen LogP contribution in [-0.4, -0.2) is 66.7 Å². The highest BCUT2D eigenvalue weighted by atomic mass is 35.5. The van der Waals surface area contributed by atoms with Crippen molar-refractivity contribution >= 4 is 76.3 Å². The van der Waals surface area contributed by atoms with Crippen LogP contribution < -0.4 is 5.32 Å². The van der Waals surface area contributed by atoms with E-state index in [1.165, 1.54) is 40.2 Å². The van der Waals surface area contributed by atoms with Crippen molar-refractivity contribution in [3.8, 4) is 0 Å². The average Bonchev–Trinajstić information content (AvgIpc) is 3.20. The van der Waals surface area contributed by atoms with Crippen LogP contribution >= 0.6 is 58.5 Å². The third kappa shape index (κ3) is 5.29. The van der Waals surface area contributed by atoms with Crippen molar-refractivity contribution in [2.45, 2.75) is 28.5 Å². The second-order valence-corrected chi connectivity index (χ2v) is 10.8. The van der Waals surface area contributed by atoms with Crippen molar-refractivity contribution in [2.24, 2.45) is 0 Å². The van der Waals surface area contributed by atoms with Crippen LogP contribution in [0.25, 0.3) is 0 Å². The van der Waals surface area contributed by atoms with Gasteiger partial charge in [-0.3, -0.25) is 14.5 Å². The largest absolute Gasteiger partial charge is 0.477 e. The number of hydrogen-bond acceptors (Lipinski definition) is 9. The molecular weight excluding hydrogens is 531 g/mol. The third-order valence-electron chi connectivity index (χ3n) is 4.70. The Morgan fingerprint density at radius 1 is 1.33 bits per heavy atom. The number of rotatable bonds is 8. The number of halogens is 2. The van der Waals surface area contributed by atoms with Crippen molar-refractivity contribution in [1.29, 1.82) is 0 Å². The van der Waals surface area contributed by atoms with Gasteiger partial charge in [0.05, 0.1) is 10.8 Å². The monoisotopic (exact) mass is 546 g/mol. The summed E-state index contributed by atoms with van der Waals surface area (Å²) in [5.41, 5.74) is 0.520. The Bertz CT molecular complexity index is 1160. The van der Waals surface area contributed by atoms with Crippen molar-refractivity contribution in [2.75, 3.05) is 17.3 Å². The molecule has 0 spiro atoms. The highest BCUT2D eigenvalue weighted by Crippen LogP contribution is 2.41. The highest BCUT2D eigenvalue weighted by Gasteiger charge is 2.54. The lowest BCUT2D eigenvalue weighted by molar-refractivity contribution is -0.150. The molecule has 1 fully saturated rings. The number of carbonyl (C=O) groups is 3. The summed E-state index contributed by atoms with van der Waals surface area (Å²) in [6.07, 6.45) is 0. The molecule has 1 unspecified atom stereocenters. The second kappa shape index (κ2) is 10.2. The van der Waals surface area contributed by atoms with Crippen LogP contribution in [0.2, 0.25) is 10.0 Å². The molecule has 2 aliphatic rings. The molecule has 174 valence electrons. The van der Waals surface area contributed by atoms with Gasteiger partial charge in [-0.15, -0.1) is 33.7 Å². The van der Waals surface area contributed by atoms with Crippen LogP contribution in [0.15, 0.2) is 44.0 Å². The van der Waals surface area contributed by atoms with Gasteiger partial charge in [-0.05, 0) is 23.8 Å². The van der Waals surface area contributed by atoms with E-state index >= 15 is 0 Å². The van der Waals surface area contributed by atoms with Crippen LogP contribution in [0.5, 0.6) is 0 Å². The first kappa shape index (κ1) is 24.3. The molecule has 0 aliphatic carbocycles. The summed E-state index contributed by atoms with van der Waals surface area (Å²) in [6, 6.07) is 4.17. The van der Waals surface area contributed by atoms with Gasteiger partial charge in [-0.25, -0.2) is 4.79 Å². The Morgan fingerprint density at radius 3 is 2.82 bits per heavy atom. The maximum Gasteiger partial charge on any atom is 0.352 e. The van der Waals surface area contributed by atoms with Gasteiger partial charge < -0.3 is 14.8 Å². The van der Waals surface area contributed by atoms with Gasteiger partial charge in [0.25, 0.3) is 11.1 Å². The number of nitrogens with one attached hydrogen (secondary N) is 1. The number of thioether (sulfide) groups is 3. The van der Waals surface area contributed by atoms with E-state index in [4.69, 9.17) is 27.6 Å². The van der Waals surface area contributed by atoms with Gasteiger partial charge in [0.2, 0.25) is 11.8 Å². The number of carboxylic acid groups (broad SMARTS) is 1. The molecule has 1 aromatic carbocycles. The highest BCUT2D eigenvalue weighted by molar-refractivity contribution is 8.01. The summed E-state index contributed by atoms with van der Waals surface area (Å²) in [5.74, 6) is -0.870. The molecule has 2 aliphatic heterocycles. The number of aliphatic carboxylic acids is 1. The number of aromatic nitrogens is 2. The van der Waals surface area contributed by atoms with E-state index in [1.807, 2.05) is 0 Å². The Morgan fingerprint density at radius 2 is 2.12 bits per heavy atom. The summed E-state index contributed by atoms with van der Waals surface area (Å²) < 4.78 is 5.30. The molecule has 2 amide bonds. The fourth-order valence-electron chi connectivity index (χ4n) is 3.23. The predicted octanol–water partition coefficient (Wildman–Crippen LogP) is 3.31. The van der Waals surface area contributed by atoms with Gasteiger partial charge in [0, 0.05) is 28.3 Å². The Kier molecular flexibility index (Phi) is 7.49. The minimum Gasteiger partial charge on any atom is -0.477 e. The maximum absolute atomic E-state index is 12.7. The van der Waals surface area contributed by atoms with Crippen molar-refractivity contribution in [3.63, 3.8) is 0 Å². The van der Waals surface area contributed by atoms with E-state index < -0.39 is 23.3 Å². The lowest BCUT2D eigenvalue weighted by Gasteiger charge is -2.49. The second-order valence-electron chi connectivity index (χ2n) is 6.95. The molecule has 0 saturated carbocycles. The summed E-state index contributed by atoms with van der Waals surface area (Å²) in [5, 5.41) is 20.9. The van der Waals surface area contributed by atoms with Gasteiger partial charge >= 0.3 is 5.97 Å². The molecule has 9 nitrogen and oxygen atoms in total. The number of β-lactam (4-membered cyclic amide) rings is 1. The van der Waals surface area contributed by atoms with Gasteiger partial charge in [-0.2, -0.15) is 0 Å². The number of amides is 2. The smallest absolute Gasteiger partial charge is 0.352 e. The first-order valence-electron chi connectivity index (χ1n) is 9.44. The zero-order chi connectivity index (χ0) is 23.7. The average molecular weight is 547 g/mol. The molecule has 14 heteroatoms. The van der Waals surface area contributed by atoms with Crippen LogP contribution in [0.4, 0.5) is 0 Å². The quantitative estimate of drug-likeness (QED) is 0.376. The minimum atomic E-state index is -1.19. The van der Waals surface area contributed by atoms with Crippen LogP contribution in [-0.2, 0) is 14.4 Å². The van der Waals surface area contributed by atoms with E-state index in [9.17, 15) is 19.5 Å². The number of nitrogens with zero attached hydrogens (tertiary/aromatic N) is 3. The fraction of sp³-hybridized carbons (Fsp3) is 0.316. The SMILES string of the molecule is Cc1nnc(SCC2=C(C(=O)O)N3C(=O)C(NC(=O)CSc4cc(Cl)ccc4Cl)[C@@H]3SC2)o1. The fourth-order valence-corrected chi connectivity index (χ4v) is 6.82. The van der Waals surface area contributed by atoms with Gasteiger partial charge in [0.15, 0.2) is 0 Å². The van der Waals surface area contributed by atoms with Crippen molar-refractivity contribution in [1.82, 2.24) is 20.4 Å². The standard InChI is InChI=1S/C19H16Cl2N4O5S3/c1-8-23-24-19(30-8)33-6-9-5-32-17-14(16(27)25(17)15(9)18(28)29)22-13(26)7-31-12-4-10(20)2-3-11(12)21/h2-4,14,17H,5-7H2,1H3,(H,22,26)(H,28,29)/t14?,17-/m0/s1. The number of benzene rings is 1. The molecule has 33 heavy (non-hydrogen) atoms. The number of fused-ring (bicyclic) bond motifs is 1. The Balaban J connectivity index is 1.38. The van der Waals surface area contributed by atoms with Crippen molar-refractivity contribution in [3.05, 3.63) is 45.4 Å². The van der Waals surface area contributed by atoms with E-state index in [0.717, 1.165) is 0 Å². The molecule has 3 heterocycles. The number of hydrogen-bond donors (Lipinski definition) is 2. The van der Waals surface area contributed by atoms with E-state index in [2.05, 4.69) is 15.5 Å². The summed E-state index contributed by atoms with van der Waals surface area (Å²) >= 11 is 15.9. The number of aryl methyl sites for hydroxylation is 1. The topological polar surface area (TPSA) is 126 Å². The van der Waals surface area contributed by atoms with Crippen LogP contribution in [0.1, 0.15) is 5.89 Å². The van der Waals surface area contributed by atoms with Crippen molar-refractivity contribution < 1.29 is 23.9 Å². The first-order chi connectivity index (χ1) is 15.7. The normalized spacial score (nSPS) is 19.8. The van der Waals surface area contributed by atoms with Crippen LogP contribution in [0, 0.1) is 6.92 Å². The molecule has 0 bridgehead atoms. The molecule has 0 radical (unpaired) electrons. The minimum absolute atomic E-state index is 0.0361. The van der Waals surface area contributed by atoms with Crippen LogP contribution in [0.3, 0.4) is 0 Å². The summed E-state index contributed by atoms with van der Waals surface area (Å²) in [4.78, 5) is 39.0. The molecule has 2 N–H and O–H groups in total. The van der Waals surface area contributed by atoms with E-state index in [-0.39, 0.29) is 17.4 Å². The molecule has 2 atom stereocenters. The zero-order valence-corrected chi connectivity index (χ0v) is 20.9. The Hall–Kier alpha value is -1.86. The lowest BCUT2D eigenvalue weighted by Crippen LogP contribution is -2.70. The first-order valence-corrected chi connectivity index (χ1v) is 13.2. The molecule has 1 aromatic heterocycles. The molecular formula is C19H16Cl2N4O5S3. The van der Waals surface area contributed by atoms with E-state index in [0.29, 0.717) is 43.1 Å². The summed E-state index contributed by atoms with van der Waals surface area (Å²) in [6.45, 7) is 1.66. The molecule has 4 rings (SSSR count). The number of carbonyl (C=O) groups excluding carboxylic acids is 2. The predicted molar refractivity (Wildman–Crippen MR) is 127 cm³/mol. The van der Waals surface area contributed by atoms with E-state index in [1.54, 1.807) is 25.1 Å². The Labute approximate surface area is 211 Å². The lowest BCUT2D eigenvalue weighted by atomic mass is 10.0. The maximum atomic E-state index is 12.7. The van der Waals surface area contributed by atoms with Gasteiger partial charge in [-0.1, -0.05) is 35.0 Å². The molecule has 1 saturated heterocycles. The third-order valence-corrected chi connectivity index (χ3v) is 8.67. The molecule has 2 aromatic rings. The summed E-state index contributed by atoms with van der Waals surface area (Å²) in [7, 11) is 0.